The maximum atomic E-state index is 12.3. The second kappa shape index (κ2) is 10.5. The standard InChI is InChI=1S/C20H26N4O4/c25-19(22-9-4-11-23-14-10-21-16-23)18-7-12-24(13-8-18)28-20(26)27-15-17-5-2-1-3-6-17/h1-3,5-6,10,14,16,18H,4,7-9,11-13,15H2,(H,22,25). The smallest absolute Gasteiger partial charge is 0.428 e. The van der Waals surface area contributed by atoms with Crippen LogP contribution in [0.2, 0.25) is 0 Å². The highest BCUT2D eigenvalue weighted by Crippen LogP contribution is 2.18. The molecular formula is C20H26N4O4. The fraction of sp³-hybridized carbons (Fsp3) is 0.450. The number of hydroxylamine groups is 2. The van der Waals surface area contributed by atoms with Crippen molar-refractivity contribution in [3.8, 4) is 0 Å². The third kappa shape index (κ3) is 6.38. The van der Waals surface area contributed by atoms with Gasteiger partial charge in [-0.2, -0.15) is 0 Å². The van der Waals surface area contributed by atoms with Crippen molar-refractivity contribution in [2.24, 2.45) is 5.92 Å². The van der Waals surface area contributed by atoms with E-state index in [9.17, 15) is 9.59 Å². The lowest BCUT2D eigenvalue weighted by Gasteiger charge is -2.29. The number of nitrogens with one attached hydrogen (secondary N) is 1. The Bertz CT molecular complexity index is 728. The third-order valence-corrected chi connectivity index (χ3v) is 4.68. The van der Waals surface area contributed by atoms with Gasteiger partial charge in [0.25, 0.3) is 0 Å². The number of piperidine rings is 1. The van der Waals surface area contributed by atoms with Crippen LogP contribution in [0.1, 0.15) is 24.8 Å². The summed E-state index contributed by atoms with van der Waals surface area (Å²) in [6, 6.07) is 9.44. The van der Waals surface area contributed by atoms with Gasteiger partial charge in [0, 0.05) is 44.5 Å². The van der Waals surface area contributed by atoms with E-state index in [2.05, 4.69) is 10.3 Å². The van der Waals surface area contributed by atoms with Crippen LogP contribution >= 0.6 is 0 Å². The Morgan fingerprint density at radius 1 is 1.18 bits per heavy atom. The van der Waals surface area contributed by atoms with Gasteiger partial charge in [0.05, 0.1) is 6.33 Å². The molecule has 3 rings (SSSR count). The summed E-state index contributed by atoms with van der Waals surface area (Å²) >= 11 is 0. The molecule has 8 heteroatoms. The average molecular weight is 386 g/mol. The Labute approximate surface area is 164 Å². The zero-order valence-corrected chi connectivity index (χ0v) is 15.8. The summed E-state index contributed by atoms with van der Waals surface area (Å²) < 4.78 is 7.10. The van der Waals surface area contributed by atoms with Crippen molar-refractivity contribution in [1.29, 1.82) is 0 Å². The van der Waals surface area contributed by atoms with Crippen molar-refractivity contribution < 1.29 is 19.2 Å². The van der Waals surface area contributed by atoms with Gasteiger partial charge in [-0.15, -0.1) is 5.06 Å². The second-order valence-electron chi connectivity index (χ2n) is 6.76. The molecule has 0 bridgehead atoms. The minimum Gasteiger partial charge on any atom is -0.428 e. The lowest BCUT2D eigenvalue weighted by Crippen LogP contribution is -2.41. The number of benzene rings is 1. The Hall–Kier alpha value is -2.87. The molecular weight excluding hydrogens is 360 g/mol. The molecule has 0 atom stereocenters. The summed E-state index contributed by atoms with van der Waals surface area (Å²) in [6.07, 6.45) is 6.86. The first-order valence-electron chi connectivity index (χ1n) is 9.58. The fourth-order valence-corrected chi connectivity index (χ4v) is 3.09. The van der Waals surface area contributed by atoms with Gasteiger partial charge in [-0.1, -0.05) is 30.3 Å². The summed E-state index contributed by atoms with van der Waals surface area (Å²) in [7, 11) is 0. The Kier molecular flexibility index (Phi) is 7.43. The molecule has 0 unspecified atom stereocenters. The van der Waals surface area contributed by atoms with Gasteiger partial charge in [0.2, 0.25) is 5.91 Å². The fourth-order valence-electron chi connectivity index (χ4n) is 3.09. The summed E-state index contributed by atoms with van der Waals surface area (Å²) in [5.41, 5.74) is 0.905. The maximum Gasteiger partial charge on any atom is 0.528 e. The Morgan fingerprint density at radius 2 is 1.96 bits per heavy atom. The minimum atomic E-state index is -0.716. The van der Waals surface area contributed by atoms with Gasteiger partial charge in [-0.05, 0) is 24.8 Å². The molecule has 1 aliphatic rings. The normalized spacial score (nSPS) is 15.1. The number of nitrogens with zero attached hydrogens (tertiary/aromatic N) is 3. The number of carbonyl (C=O) groups excluding carboxylic acids is 2. The number of rotatable bonds is 8. The first-order chi connectivity index (χ1) is 13.7. The number of amides is 1. The monoisotopic (exact) mass is 386 g/mol. The van der Waals surface area contributed by atoms with Crippen LogP contribution in [0.4, 0.5) is 4.79 Å². The van der Waals surface area contributed by atoms with E-state index in [0.29, 0.717) is 32.5 Å². The molecule has 0 saturated carbocycles. The molecule has 1 N–H and O–H groups in total. The van der Waals surface area contributed by atoms with E-state index in [1.807, 2.05) is 41.1 Å². The molecule has 2 aromatic rings. The van der Waals surface area contributed by atoms with Gasteiger partial charge in [-0.25, -0.2) is 9.78 Å². The van der Waals surface area contributed by atoms with Gasteiger partial charge in [-0.3, -0.25) is 4.79 Å². The van der Waals surface area contributed by atoms with Crippen molar-refractivity contribution >= 4 is 12.1 Å². The van der Waals surface area contributed by atoms with Gasteiger partial charge in [0.1, 0.15) is 6.61 Å². The van der Waals surface area contributed by atoms with Crippen molar-refractivity contribution in [2.75, 3.05) is 19.6 Å². The van der Waals surface area contributed by atoms with E-state index in [-0.39, 0.29) is 18.4 Å². The van der Waals surface area contributed by atoms with E-state index < -0.39 is 6.16 Å². The average Bonchev–Trinajstić information content (AvgIpc) is 3.24. The van der Waals surface area contributed by atoms with Crippen LogP contribution in [0.3, 0.4) is 0 Å². The van der Waals surface area contributed by atoms with Gasteiger partial charge >= 0.3 is 6.16 Å². The largest absolute Gasteiger partial charge is 0.528 e. The first kappa shape index (κ1) is 19.9. The number of hydrogen-bond donors (Lipinski definition) is 1. The van der Waals surface area contributed by atoms with Crippen LogP contribution < -0.4 is 5.32 Å². The van der Waals surface area contributed by atoms with Crippen LogP contribution in [-0.2, 0) is 27.5 Å². The number of carbonyl (C=O) groups is 2. The molecule has 1 saturated heterocycles. The lowest BCUT2D eigenvalue weighted by molar-refractivity contribution is -0.150. The highest BCUT2D eigenvalue weighted by atomic mass is 16.8. The van der Waals surface area contributed by atoms with Crippen LogP contribution in [0.5, 0.6) is 0 Å². The molecule has 28 heavy (non-hydrogen) atoms. The molecule has 0 aliphatic carbocycles. The zero-order valence-electron chi connectivity index (χ0n) is 15.8. The van der Waals surface area contributed by atoms with E-state index in [0.717, 1.165) is 18.5 Å². The van der Waals surface area contributed by atoms with Crippen LogP contribution in [-0.4, -0.2) is 46.3 Å². The van der Waals surface area contributed by atoms with Gasteiger partial charge < -0.3 is 19.5 Å². The van der Waals surface area contributed by atoms with Gasteiger partial charge in [0.15, 0.2) is 0 Å². The number of aryl methyl sites for hydroxylation is 1. The highest BCUT2D eigenvalue weighted by molar-refractivity contribution is 5.78. The molecule has 150 valence electrons. The predicted molar refractivity (Wildman–Crippen MR) is 102 cm³/mol. The third-order valence-electron chi connectivity index (χ3n) is 4.68. The summed E-state index contributed by atoms with van der Waals surface area (Å²) in [4.78, 5) is 33.3. The number of aromatic nitrogens is 2. The van der Waals surface area contributed by atoms with Crippen LogP contribution in [0.25, 0.3) is 0 Å². The van der Waals surface area contributed by atoms with Crippen molar-refractivity contribution in [3.63, 3.8) is 0 Å². The van der Waals surface area contributed by atoms with Crippen molar-refractivity contribution in [3.05, 3.63) is 54.6 Å². The second-order valence-corrected chi connectivity index (χ2v) is 6.76. The quantitative estimate of drug-likeness (QED) is 0.554. The molecule has 1 fully saturated rings. The van der Waals surface area contributed by atoms with Crippen LogP contribution in [0, 0.1) is 5.92 Å². The molecule has 1 aromatic carbocycles. The number of ether oxygens (including phenoxy) is 1. The SMILES string of the molecule is O=C(OCc1ccccc1)ON1CCC(C(=O)NCCCn2ccnc2)CC1. The number of imidazole rings is 1. The Morgan fingerprint density at radius 3 is 2.68 bits per heavy atom. The highest BCUT2D eigenvalue weighted by Gasteiger charge is 2.27. The molecule has 1 aliphatic heterocycles. The van der Waals surface area contributed by atoms with Crippen LogP contribution in [0.15, 0.2) is 49.1 Å². The minimum absolute atomic E-state index is 0.0477. The molecule has 1 amide bonds. The van der Waals surface area contributed by atoms with E-state index >= 15 is 0 Å². The first-order valence-corrected chi connectivity index (χ1v) is 9.58. The Balaban J connectivity index is 1.28. The topological polar surface area (TPSA) is 85.7 Å². The summed E-state index contributed by atoms with van der Waals surface area (Å²) in [5, 5.41) is 4.55. The molecule has 0 spiro atoms. The summed E-state index contributed by atoms with van der Waals surface area (Å²) in [6.45, 7) is 2.69. The molecule has 2 heterocycles. The molecule has 8 nitrogen and oxygen atoms in total. The van der Waals surface area contributed by atoms with E-state index in [4.69, 9.17) is 9.57 Å². The maximum absolute atomic E-state index is 12.3. The van der Waals surface area contributed by atoms with E-state index in [1.54, 1.807) is 17.6 Å². The number of hydrogen-bond acceptors (Lipinski definition) is 6. The summed E-state index contributed by atoms with van der Waals surface area (Å²) in [5.74, 6) is 0.0189. The predicted octanol–water partition coefficient (Wildman–Crippen LogP) is 2.37. The van der Waals surface area contributed by atoms with Crippen molar-refractivity contribution in [1.82, 2.24) is 19.9 Å². The molecule has 0 radical (unpaired) electrons. The zero-order chi connectivity index (χ0) is 19.6. The van der Waals surface area contributed by atoms with E-state index in [1.165, 1.54) is 0 Å². The molecule has 1 aromatic heterocycles. The lowest BCUT2D eigenvalue weighted by atomic mass is 9.97. The van der Waals surface area contributed by atoms with Crippen molar-refractivity contribution in [2.45, 2.75) is 32.4 Å².